The van der Waals surface area contributed by atoms with Crippen LogP contribution >= 0.6 is 0 Å². The van der Waals surface area contributed by atoms with E-state index in [1.54, 1.807) is 0 Å². The second-order valence-corrected chi connectivity index (χ2v) is 6.83. The summed E-state index contributed by atoms with van der Waals surface area (Å²) >= 11 is 0. The summed E-state index contributed by atoms with van der Waals surface area (Å²) in [6.45, 7) is 8.95. The molecule has 2 amide bonds. The maximum absolute atomic E-state index is 11.9. The number of hydrogen-bond acceptors (Lipinski definition) is 4. The molecule has 0 saturated carbocycles. The number of piperidine rings is 1. The summed E-state index contributed by atoms with van der Waals surface area (Å²) in [6, 6.07) is 9.21. The van der Waals surface area contributed by atoms with Crippen molar-refractivity contribution in [3.63, 3.8) is 0 Å². The minimum absolute atomic E-state index is 0.0634. The zero-order chi connectivity index (χ0) is 17.5. The number of benzene rings is 1. The summed E-state index contributed by atoms with van der Waals surface area (Å²) in [5, 5.41) is 6.53. The lowest BCUT2D eigenvalue weighted by Gasteiger charge is -2.33. The van der Waals surface area contributed by atoms with Crippen molar-refractivity contribution in [2.24, 2.45) is 0 Å². The Kier molecular flexibility index (Phi) is 6.53. The molecule has 2 aliphatic rings. The number of nitrogens with zero attached hydrogens (tertiary/aromatic N) is 2. The molecule has 25 heavy (non-hydrogen) atoms. The quantitative estimate of drug-likeness (QED) is 0.858. The normalized spacial score (nSPS) is 19.6. The number of likely N-dealkylation sites (tertiary alicyclic amines) is 1. The maximum Gasteiger partial charge on any atom is 0.317 e. The third-order valence-electron chi connectivity index (χ3n) is 4.92. The average Bonchev–Trinajstić information content (AvgIpc) is 2.64. The van der Waals surface area contributed by atoms with Crippen LogP contribution in [0.4, 0.5) is 10.5 Å². The van der Waals surface area contributed by atoms with Gasteiger partial charge < -0.3 is 20.3 Å². The number of hydrogen-bond donors (Lipinski definition) is 2. The molecule has 6 heteroatoms. The van der Waals surface area contributed by atoms with Crippen molar-refractivity contribution in [1.82, 2.24) is 15.1 Å². The smallest absolute Gasteiger partial charge is 0.317 e. The molecule has 0 radical (unpaired) electrons. The molecule has 2 heterocycles. The van der Waals surface area contributed by atoms with Gasteiger partial charge in [0.25, 0.3) is 0 Å². The Hall–Kier alpha value is -1.79. The minimum Gasteiger partial charge on any atom is -0.382 e. The Morgan fingerprint density at radius 3 is 2.68 bits per heavy atom. The summed E-state index contributed by atoms with van der Waals surface area (Å²) in [4.78, 5) is 16.2. The molecule has 0 spiro atoms. The molecule has 2 fully saturated rings. The van der Waals surface area contributed by atoms with Gasteiger partial charge in [0.05, 0.1) is 13.2 Å². The number of morpholine rings is 1. The first kappa shape index (κ1) is 18.0. The van der Waals surface area contributed by atoms with Gasteiger partial charge in [-0.15, -0.1) is 0 Å². The van der Waals surface area contributed by atoms with Gasteiger partial charge in [-0.1, -0.05) is 12.1 Å². The fraction of sp³-hybridized carbons (Fsp3) is 0.632. The van der Waals surface area contributed by atoms with E-state index in [0.717, 1.165) is 58.8 Å². The van der Waals surface area contributed by atoms with Gasteiger partial charge >= 0.3 is 6.03 Å². The van der Waals surface area contributed by atoms with Gasteiger partial charge in [-0.2, -0.15) is 0 Å². The Bertz CT molecular complexity index is 552. The van der Waals surface area contributed by atoms with Crippen LogP contribution in [0.3, 0.4) is 0 Å². The fourth-order valence-electron chi connectivity index (χ4n) is 3.50. The van der Waals surface area contributed by atoms with E-state index >= 15 is 0 Å². The van der Waals surface area contributed by atoms with Crippen molar-refractivity contribution in [3.8, 4) is 0 Å². The van der Waals surface area contributed by atoms with Crippen molar-refractivity contribution in [2.45, 2.75) is 32.4 Å². The van der Waals surface area contributed by atoms with Crippen molar-refractivity contribution in [2.75, 3.05) is 51.3 Å². The van der Waals surface area contributed by atoms with E-state index in [4.69, 9.17) is 4.74 Å². The van der Waals surface area contributed by atoms with Crippen LogP contribution in [-0.4, -0.2) is 67.8 Å². The molecule has 1 aromatic rings. The highest BCUT2D eigenvalue weighted by molar-refractivity contribution is 5.74. The van der Waals surface area contributed by atoms with E-state index in [0.29, 0.717) is 12.6 Å². The van der Waals surface area contributed by atoms with Crippen molar-refractivity contribution in [1.29, 1.82) is 0 Å². The molecule has 0 unspecified atom stereocenters. The lowest BCUT2D eigenvalue weighted by molar-refractivity contribution is 0.0342. The van der Waals surface area contributed by atoms with E-state index in [-0.39, 0.29) is 6.03 Å². The second kappa shape index (κ2) is 9.06. The predicted molar refractivity (Wildman–Crippen MR) is 99.8 cm³/mol. The topological polar surface area (TPSA) is 56.8 Å². The number of nitrogens with one attached hydrogen (secondary N) is 2. The Labute approximate surface area is 150 Å². The maximum atomic E-state index is 11.9. The van der Waals surface area contributed by atoms with E-state index < -0.39 is 0 Å². The van der Waals surface area contributed by atoms with E-state index in [9.17, 15) is 4.79 Å². The molecular formula is C19H30N4O2. The van der Waals surface area contributed by atoms with Crippen LogP contribution in [0.1, 0.15) is 25.3 Å². The minimum atomic E-state index is 0.0634. The van der Waals surface area contributed by atoms with Gasteiger partial charge in [0.2, 0.25) is 0 Å². The monoisotopic (exact) mass is 346 g/mol. The van der Waals surface area contributed by atoms with Crippen LogP contribution in [0, 0.1) is 0 Å². The van der Waals surface area contributed by atoms with Gasteiger partial charge in [0.15, 0.2) is 0 Å². The molecule has 6 nitrogen and oxygen atoms in total. The van der Waals surface area contributed by atoms with Crippen LogP contribution in [-0.2, 0) is 11.3 Å². The van der Waals surface area contributed by atoms with Gasteiger partial charge in [-0.05, 0) is 37.5 Å². The Morgan fingerprint density at radius 1 is 1.20 bits per heavy atom. The molecule has 2 N–H and O–H groups in total. The standard InChI is InChI=1S/C19H30N4O2/c1-2-20-19(24)23-8-6-17(7-9-23)21-18-5-3-4-16(14-18)15-22-10-12-25-13-11-22/h3-5,14,17,21H,2,6-13,15H2,1H3,(H,20,24). The Morgan fingerprint density at radius 2 is 1.96 bits per heavy atom. The third-order valence-corrected chi connectivity index (χ3v) is 4.92. The highest BCUT2D eigenvalue weighted by Gasteiger charge is 2.22. The molecule has 0 aromatic heterocycles. The number of carbonyl (C=O) groups excluding carboxylic acids is 1. The van der Waals surface area contributed by atoms with Crippen LogP contribution in [0.5, 0.6) is 0 Å². The van der Waals surface area contributed by atoms with Gasteiger partial charge in [-0.3, -0.25) is 4.90 Å². The molecule has 0 aliphatic carbocycles. The predicted octanol–water partition coefficient (Wildman–Crippen LogP) is 2.12. The molecule has 0 atom stereocenters. The first-order valence-electron chi connectivity index (χ1n) is 9.43. The fourth-order valence-corrected chi connectivity index (χ4v) is 3.50. The summed E-state index contributed by atoms with van der Waals surface area (Å²) < 4.78 is 5.42. The van der Waals surface area contributed by atoms with Crippen molar-refractivity contribution in [3.05, 3.63) is 29.8 Å². The molecular weight excluding hydrogens is 316 g/mol. The van der Waals surface area contributed by atoms with Crippen molar-refractivity contribution >= 4 is 11.7 Å². The highest BCUT2D eigenvalue weighted by atomic mass is 16.5. The summed E-state index contributed by atoms with van der Waals surface area (Å²) in [6.07, 6.45) is 1.98. The largest absolute Gasteiger partial charge is 0.382 e. The summed E-state index contributed by atoms with van der Waals surface area (Å²) in [5.41, 5.74) is 2.52. The highest BCUT2D eigenvalue weighted by Crippen LogP contribution is 2.19. The SMILES string of the molecule is CCNC(=O)N1CCC(Nc2cccc(CN3CCOCC3)c2)CC1. The number of anilines is 1. The molecule has 2 saturated heterocycles. The average molecular weight is 346 g/mol. The third kappa shape index (κ3) is 5.34. The van der Waals surface area contributed by atoms with Gasteiger partial charge in [0, 0.05) is 51.0 Å². The molecule has 1 aromatic carbocycles. The number of carbonyl (C=O) groups is 1. The van der Waals surface area contributed by atoms with Crippen LogP contribution in [0.2, 0.25) is 0 Å². The number of ether oxygens (including phenoxy) is 1. The zero-order valence-corrected chi connectivity index (χ0v) is 15.2. The molecule has 0 bridgehead atoms. The first-order valence-corrected chi connectivity index (χ1v) is 9.43. The van der Waals surface area contributed by atoms with Gasteiger partial charge in [0.1, 0.15) is 0 Å². The molecule has 2 aliphatic heterocycles. The lowest BCUT2D eigenvalue weighted by Crippen LogP contribution is -2.46. The number of rotatable bonds is 5. The summed E-state index contributed by atoms with van der Waals surface area (Å²) in [5.74, 6) is 0. The van der Waals surface area contributed by atoms with E-state index in [1.165, 1.54) is 11.3 Å². The molecule has 3 rings (SSSR count). The number of urea groups is 1. The molecule has 138 valence electrons. The summed E-state index contributed by atoms with van der Waals surface area (Å²) in [7, 11) is 0. The number of amides is 2. The van der Waals surface area contributed by atoms with Crippen LogP contribution < -0.4 is 10.6 Å². The van der Waals surface area contributed by atoms with Crippen LogP contribution in [0.25, 0.3) is 0 Å². The van der Waals surface area contributed by atoms with E-state index in [2.05, 4.69) is 39.8 Å². The second-order valence-electron chi connectivity index (χ2n) is 6.83. The van der Waals surface area contributed by atoms with Crippen LogP contribution in [0.15, 0.2) is 24.3 Å². The van der Waals surface area contributed by atoms with Gasteiger partial charge in [-0.25, -0.2) is 4.79 Å². The zero-order valence-electron chi connectivity index (χ0n) is 15.2. The first-order chi connectivity index (χ1) is 12.2. The van der Waals surface area contributed by atoms with Crippen molar-refractivity contribution < 1.29 is 9.53 Å². The van der Waals surface area contributed by atoms with E-state index in [1.807, 2.05) is 11.8 Å². The lowest BCUT2D eigenvalue weighted by atomic mass is 10.0. The Balaban J connectivity index is 1.48.